The highest BCUT2D eigenvalue weighted by Crippen LogP contribution is 2.25. The molecule has 0 spiro atoms. The standard InChI is InChI=1S/C21H18N2O6S2/c1-29-21(24)16-12-13-19(22-14-16)23-15-20(30(25,26)17-8-4-2-5-9-17)31(27,28)18-10-6-3-7-11-18/h2-15,20H,1H3. The van der Waals surface area contributed by atoms with Gasteiger partial charge in [-0.3, -0.25) is 0 Å². The molecule has 8 nitrogen and oxygen atoms in total. The molecule has 2 aromatic carbocycles. The van der Waals surface area contributed by atoms with Gasteiger partial charge in [-0.05, 0) is 36.4 Å². The molecule has 0 N–H and O–H groups in total. The van der Waals surface area contributed by atoms with E-state index in [1.165, 1.54) is 74.0 Å². The summed E-state index contributed by atoms with van der Waals surface area (Å²) in [5, 5.41) is 0. The summed E-state index contributed by atoms with van der Waals surface area (Å²) in [5.41, 5.74) is 0.173. The van der Waals surface area contributed by atoms with Gasteiger partial charge in [0.1, 0.15) is 0 Å². The molecular formula is C21H18N2O6S2. The molecule has 10 heteroatoms. The lowest BCUT2D eigenvalue weighted by atomic mass is 10.3. The number of ether oxygens (including phenoxy) is 1. The molecule has 0 fully saturated rings. The predicted octanol–water partition coefficient (Wildman–Crippen LogP) is 2.84. The van der Waals surface area contributed by atoms with E-state index >= 15 is 0 Å². The van der Waals surface area contributed by atoms with Crippen LogP contribution in [0.5, 0.6) is 0 Å². The minimum absolute atomic E-state index is 0.0316. The molecule has 0 aliphatic heterocycles. The fourth-order valence-electron chi connectivity index (χ4n) is 2.65. The summed E-state index contributed by atoms with van der Waals surface area (Å²) in [6, 6.07) is 17.3. The number of pyridine rings is 1. The van der Waals surface area contributed by atoms with E-state index in [0.717, 1.165) is 6.21 Å². The third-order valence-corrected chi connectivity index (χ3v) is 9.10. The second-order valence-corrected chi connectivity index (χ2v) is 10.7. The Morgan fingerprint density at radius 3 is 1.81 bits per heavy atom. The van der Waals surface area contributed by atoms with Gasteiger partial charge in [-0.25, -0.2) is 31.6 Å². The molecule has 3 aromatic rings. The van der Waals surface area contributed by atoms with Gasteiger partial charge < -0.3 is 4.74 Å². The van der Waals surface area contributed by atoms with Crippen molar-refractivity contribution in [1.82, 2.24) is 4.98 Å². The lowest BCUT2D eigenvalue weighted by molar-refractivity contribution is 0.0600. The normalized spacial score (nSPS) is 12.2. The van der Waals surface area contributed by atoms with Crippen LogP contribution >= 0.6 is 0 Å². The van der Waals surface area contributed by atoms with Crippen molar-refractivity contribution in [3.8, 4) is 0 Å². The minimum atomic E-state index is -4.34. The number of sulfone groups is 2. The monoisotopic (exact) mass is 458 g/mol. The number of nitrogens with zero attached hydrogens (tertiary/aromatic N) is 2. The molecule has 0 unspecified atom stereocenters. The molecule has 31 heavy (non-hydrogen) atoms. The van der Waals surface area contributed by atoms with Gasteiger partial charge in [0.25, 0.3) is 0 Å². The second-order valence-electron chi connectivity index (χ2n) is 6.26. The van der Waals surface area contributed by atoms with E-state index in [-0.39, 0.29) is 21.2 Å². The SMILES string of the molecule is COC(=O)c1ccc(N=CC(S(=O)(=O)c2ccccc2)S(=O)(=O)c2ccccc2)nc1. The minimum Gasteiger partial charge on any atom is -0.465 e. The number of carbonyl (C=O) groups is 1. The van der Waals surface area contributed by atoms with E-state index in [1.54, 1.807) is 12.1 Å². The molecule has 0 amide bonds. The molecule has 0 saturated carbocycles. The number of esters is 1. The van der Waals surface area contributed by atoms with Crippen LogP contribution in [0.3, 0.4) is 0 Å². The summed E-state index contributed by atoms with van der Waals surface area (Å²) in [6.07, 6.45) is 2.04. The van der Waals surface area contributed by atoms with E-state index in [2.05, 4.69) is 14.7 Å². The Hall–Kier alpha value is -3.37. The lowest BCUT2D eigenvalue weighted by Gasteiger charge is -2.15. The van der Waals surface area contributed by atoms with Crippen LogP contribution in [0.25, 0.3) is 0 Å². The molecular weight excluding hydrogens is 440 g/mol. The number of aromatic nitrogens is 1. The largest absolute Gasteiger partial charge is 0.465 e. The van der Waals surface area contributed by atoms with Crippen molar-refractivity contribution in [2.45, 2.75) is 14.4 Å². The first kappa shape index (κ1) is 22.3. The summed E-state index contributed by atoms with van der Waals surface area (Å²) >= 11 is 0. The third-order valence-electron chi connectivity index (χ3n) is 4.25. The summed E-state index contributed by atoms with van der Waals surface area (Å²) in [6.45, 7) is 0. The van der Waals surface area contributed by atoms with Gasteiger partial charge in [0.15, 0.2) is 5.82 Å². The highest BCUT2D eigenvalue weighted by Gasteiger charge is 2.38. The maximum absolute atomic E-state index is 13.2. The van der Waals surface area contributed by atoms with Crippen LogP contribution in [-0.2, 0) is 24.4 Å². The van der Waals surface area contributed by atoms with Crippen LogP contribution in [0.15, 0.2) is 93.8 Å². The van der Waals surface area contributed by atoms with E-state index in [0.29, 0.717) is 0 Å². The van der Waals surface area contributed by atoms with Crippen LogP contribution in [0.4, 0.5) is 5.82 Å². The number of hydrogen-bond donors (Lipinski definition) is 0. The highest BCUT2D eigenvalue weighted by molar-refractivity contribution is 8.10. The van der Waals surface area contributed by atoms with Gasteiger partial charge in [-0.1, -0.05) is 36.4 Å². The molecule has 0 saturated heterocycles. The number of benzene rings is 2. The summed E-state index contributed by atoms with van der Waals surface area (Å²) in [7, 11) is -7.46. The number of aliphatic imine (C=N–C) groups is 1. The molecule has 160 valence electrons. The Morgan fingerprint density at radius 2 is 1.39 bits per heavy atom. The zero-order chi connectivity index (χ0) is 22.5. The summed E-state index contributed by atoms with van der Waals surface area (Å²) < 4.78 is 55.4. The van der Waals surface area contributed by atoms with Crippen LogP contribution in [-0.4, -0.2) is 45.7 Å². The molecule has 0 aliphatic rings. The van der Waals surface area contributed by atoms with E-state index < -0.39 is 30.2 Å². The first-order valence-electron chi connectivity index (χ1n) is 8.93. The van der Waals surface area contributed by atoms with Gasteiger partial charge in [0.2, 0.25) is 24.3 Å². The molecule has 1 heterocycles. The number of rotatable bonds is 7. The number of methoxy groups -OCH3 is 1. The van der Waals surface area contributed by atoms with Crippen molar-refractivity contribution in [1.29, 1.82) is 0 Å². The van der Waals surface area contributed by atoms with Crippen LogP contribution in [0.2, 0.25) is 0 Å². The van der Waals surface area contributed by atoms with Gasteiger partial charge >= 0.3 is 5.97 Å². The van der Waals surface area contributed by atoms with Crippen molar-refractivity contribution in [2.75, 3.05) is 7.11 Å². The maximum atomic E-state index is 13.2. The summed E-state index contributed by atoms with van der Waals surface area (Å²) in [5.74, 6) is -0.566. The van der Waals surface area contributed by atoms with Crippen molar-refractivity contribution < 1.29 is 26.4 Å². The maximum Gasteiger partial charge on any atom is 0.339 e. The quantitative estimate of drug-likeness (QED) is 0.394. The molecule has 0 aliphatic carbocycles. The van der Waals surface area contributed by atoms with Gasteiger partial charge in [0.05, 0.1) is 22.5 Å². The first-order chi connectivity index (χ1) is 14.8. The first-order valence-corrected chi connectivity index (χ1v) is 12.0. The van der Waals surface area contributed by atoms with Crippen molar-refractivity contribution in [3.63, 3.8) is 0 Å². The Bertz CT molecular complexity index is 1220. The van der Waals surface area contributed by atoms with E-state index in [9.17, 15) is 21.6 Å². The number of hydrogen-bond acceptors (Lipinski definition) is 8. The zero-order valence-corrected chi connectivity index (χ0v) is 18.0. The van der Waals surface area contributed by atoms with Crippen LogP contribution < -0.4 is 0 Å². The van der Waals surface area contributed by atoms with E-state index in [4.69, 9.17) is 0 Å². The second kappa shape index (κ2) is 9.19. The molecule has 0 radical (unpaired) electrons. The third kappa shape index (κ3) is 4.86. The fraction of sp³-hybridized carbons (Fsp3) is 0.0952. The Balaban J connectivity index is 2.07. The molecule has 3 rings (SSSR count). The average molecular weight is 459 g/mol. The van der Waals surface area contributed by atoms with Crippen molar-refractivity contribution in [3.05, 3.63) is 84.6 Å². The Labute approximate surface area is 180 Å². The Morgan fingerprint density at radius 1 is 0.871 bits per heavy atom. The highest BCUT2D eigenvalue weighted by atomic mass is 32.3. The lowest BCUT2D eigenvalue weighted by Crippen LogP contribution is -2.32. The van der Waals surface area contributed by atoms with Crippen molar-refractivity contribution >= 4 is 37.7 Å². The molecule has 0 bridgehead atoms. The smallest absolute Gasteiger partial charge is 0.339 e. The van der Waals surface area contributed by atoms with Crippen LogP contribution in [0.1, 0.15) is 10.4 Å². The summed E-state index contributed by atoms with van der Waals surface area (Å²) in [4.78, 5) is 19.1. The fourth-order valence-corrected chi connectivity index (χ4v) is 6.71. The average Bonchev–Trinajstić information content (AvgIpc) is 2.80. The van der Waals surface area contributed by atoms with Gasteiger partial charge in [0, 0.05) is 12.4 Å². The topological polar surface area (TPSA) is 120 Å². The molecule has 0 atom stereocenters. The van der Waals surface area contributed by atoms with Gasteiger partial charge in [-0.2, -0.15) is 0 Å². The number of carbonyl (C=O) groups excluding carboxylic acids is 1. The van der Waals surface area contributed by atoms with E-state index in [1.807, 2.05) is 0 Å². The van der Waals surface area contributed by atoms with Gasteiger partial charge in [-0.15, -0.1) is 0 Å². The Kier molecular flexibility index (Phi) is 6.62. The van der Waals surface area contributed by atoms with Crippen LogP contribution in [0, 0.1) is 0 Å². The molecule has 1 aromatic heterocycles. The predicted molar refractivity (Wildman–Crippen MR) is 115 cm³/mol. The zero-order valence-electron chi connectivity index (χ0n) is 16.3. The van der Waals surface area contributed by atoms with Crippen molar-refractivity contribution in [2.24, 2.45) is 4.99 Å².